The molecular weight excluding hydrogens is 330 g/mol. The Morgan fingerprint density at radius 1 is 1.30 bits per heavy atom. The molecule has 1 unspecified atom stereocenters. The van der Waals surface area contributed by atoms with Gasteiger partial charge in [-0.2, -0.15) is 4.98 Å². The Hall–Kier alpha value is -1.85. The molecular formula is C17H16ClN3OS. The molecule has 0 amide bonds. The van der Waals surface area contributed by atoms with Gasteiger partial charge in [0.15, 0.2) is 0 Å². The van der Waals surface area contributed by atoms with Gasteiger partial charge in [-0.15, -0.1) is 11.3 Å². The number of benzene rings is 1. The molecule has 4 rings (SSSR count). The van der Waals surface area contributed by atoms with Crippen molar-refractivity contribution in [1.29, 1.82) is 0 Å². The second-order valence-corrected chi connectivity index (χ2v) is 7.44. The van der Waals surface area contributed by atoms with Gasteiger partial charge in [-0.25, -0.2) is 4.98 Å². The molecule has 3 aromatic rings. The van der Waals surface area contributed by atoms with Crippen LogP contribution in [0, 0.1) is 5.92 Å². The van der Waals surface area contributed by atoms with Crippen molar-refractivity contribution in [3.8, 4) is 5.75 Å². The zero-order chi connectivity index (χ0) is 16.0. The van der Waals surface area contributed by atoms with E-state index < -0.39 is 0 Å². The lowest BCUT2D eigenvalue weighted by atomic mass is 9.89. The number of nitrogens with zero attached hydrogens (tertiary/aromatic N) is 2. The number of halogens is 1. The number of nitrogens with one attached hydrogen (secondary N) is 1. The van der Waals surface area contributed by atoms with E-state index in [0.717, 1.165) is 23.1 Å². The maximum absolute atomic E-state index is 10.0. The van der Waals surface area contributed by atoms with E-state index >= 15 is 0 Å². The van der Waals surface area contributed by atoms with Crippen LogP contribution in [0.1, 0.15) is 23.8 Å². The number of thiophene rings is 1. The van der Waals surface area contributed by atoms with Crippen molar-refractivity contribution < 1.29 is 5.11 Å². The number of phenols is 1. The van der Waals surface area contributed by atoms with Crippen LogP contribution in [0.5, 0.6) is 5.75 Å². The number of aromatic nitrogens is 2. The molecule has 1 aromatic carbocycles. The second kappa shape index (κ2) is 5.65. The minimum absolute atomic E-state index is 0.188. The van der Waals surface area contributed by atoms with E-state index in [4.69, 9.17) is 11.6 Å². The molecule has 2 aromatic heterocycles. The average Bonchev–Trinajstić information content (AvgIpc) is 2.86. The Labute approximate surface area is 143 Å². The minimum Gasteiger partial charge on any atom is -0.506 e. The quantitative estimate of drug-likeness (QED) is 0.511. The van der Waals surface area contributed by atoms with Gasteiger partial charge in [-0.3, -0.25) is 0 Å². The highest BCUT2D eigenvalue weighted by Crippen LogP contribution is 2.41. The van der Waals surface area contributed by atoms with E-state index in [-0.39, 0.29) is 11.0 Å². The summed E-state index contributed by atoms with van der Waals surface area (Å²) in [5.41, 5.74) is 1.95. The molecule has 4 nitrogen and oxygen atoms in total. The van der Waals surface area contributed by atoms with Crippen LogP contribution in [-0.4, -0.2) is 15.1 Å². The average molecular weight is 346 g/mol. The number of hydrogen-bond acceptors (Lipinski definition) is 5. The minimum atomic E-state index is 0.188. The highest BCUT2D eigenvalue weighted by atomic mass is 35.5. The fraction of sp³-hybridized carbons (Fsp3) is 0.294. The predicted molar refractivity (Wildman–Crippen MR) is 95.0 cm³/mol. The van der Waals surface area contributed by atoms with Crippen LogP contribution < -0.4 is 5.32 Å². The molecule has 0 bridgehead atoms. The summed E-state index contributed by atoms with van der Waals surface area (Å²) in [5, 5.41) is 14.5. The fourth-order valence-electron chi connectivity index (χ4n) is 3.11. The monoisotopic (exact) mass is 345 g/mol. The summed E-state index contributed by atoms with van der Waals surface area (Å²) >= 11 is 7.81. The lowest BCUT2D eigenvalue weighted by Gasteiger charge is -2.18. The van der Waals surface area contributed by atoms with Crippen LogP contribution in [0.4, 0.5) is 11.5 Å². The van der Waals surface area contributed by atoms with Gasteiger partial charge in [0.25, 0.3) is 0 Å². The number of aromatic hydroxyl groups is 1. The standard InChI is InChI=1S/C17H16ClN3OS/c1-9-6-7-10-13(8-9)23-16-14(10)15(20-17(18)21-16)19-11-4-2-3-5-12(11)22/h2-5,9,22H,6-8H2,1H3,(H,19,20,21). The Morgan fingerprint density at radius 2 is 2.13 bits per heavy atom. The van der Waals surface area contributed by atoms with E-state index in [2.05, 4.69) is 22.2 Å². The molecule has 6 heteroatoms. The summed E-state index contributed by atoms with van der Waals surface area (Å²) in [6, 6.07) is 7.12. The first-order valence-electron chi connectivity index (χ1n) is 7.64. The van der Waals surface area contributed by atoms with Crippen molar-refractivity contribution in [3.63, 3.8) is 0 Å². The summed E-state index contributed by atoms with van der Waals surface area (Å²) < 4.78 is 0. The highest BCUT2D eigenvalue weighted by Gasteiger charge is 2.24. The zero-order valence-electron chi connectivity index (χ0n) is 12.6. The van der Waals surface area contributed by atoms with Crippen LogP contribution in [0.25, 0.3) is 10.2 Å². The number of phenolic OH excluding ortho intramolecular Hbond substituents is 1. The molecule has 23 heavy (non-hydrogen) atoms. The summed E-state index contributed by atoms with van der Waals surface area (Å²) in [4.78, 5) is 11.1. The highest BCUT2D eigenvalue weighted by molar-refractivity contribution is 7.19. The van der Waals surface area contributed by atoms with Gasteiger partial charge < -0.3 is 10.4 Å². The normalized spacial score (nSPS) is 17.2. The van der Waals surface area contributed by atoms with Gasteiger partial charge in [0.1, 0.15) is 16.4 Å². The van der Waals surface area contributed by atoms with Crippen LogP contribution in [0.15, 0.2) is 24.3 Å². The van der Waals surface area contributed by atoms with Crippen LogP contribution in [0.2, 0.25) is 5.28 Å². The van der Waals surface area contributed by atoms with Gasteiger partial charge >= 0.3 is 0 Å². The number of para-hydroxylation sites is 2. The van der Waals surface area contributed by atoms with Crippen LogP contribution in [0.3, 0.4) is 0 Å². The zero-order valence-corrected chi connectivity index (χ0v) is 14.2. The molecule has 1 aliphatic rings. The van der Waals surface area contributed by atoms with Gasteiger partial charge in [-0.05, 0) is 54.5 Å². The Kier molecular flexibility index (Phi) is 3.62. The molecule has 0 aliphatic heterocycles. The first-order chi connectivity index (χ1) is 11.1. The number of rotatable bonds is 2. The lowest BCUT2D eigenvalue weighted by Crippen LogP contribution is -2.09. The first kappa shape index (κ1) is 14.7. The molecule has 118 valence electrons. The Balaban J connectivity index is 1.87. The number of fused-ring (bicyclic) bond motifs is 3. The van der Waals surface area contributed by atoms with Gasteiger partial charge in [0.2, 0.25) is 5.28 Å². The number of anilines is 2. The molecule has 1 atom stereocenters. The molecule has 2 heterocycles. The van der Waals surface area contributed by atoms with Crippen LogP contribution >= 0.6 is 22.9 Å². The topological polar surface area (TPSA) is 58.0 Å². The number of aryl methyl sites for hydroxylation is 1. The third kappa shape index (κ3) is 2.64. The summed E-state index contributed by atoms with van der Waals surface area (Å²) in [6.45, 7) is 2.28. The van der Waals surface area contributed by atoms with E-state index in [1.165, 1.54) is 16.9 Å². The molecule has 0 saturated carbocycles. The van der Waals surface area contributed by atoms with E-state index in [1.807, 2.05) is 12.1 Å². The van der Waals surface area contributed by atoms with E-state index in [9.17, 15) is 5.11 Å². The summed E-state index contributed by atoms with van der Waals surface area (Å²) in [6.07, 6.45) is 3.30. The second-order valence-electron chi connectivity index (χ2n) is 6.02. The third-order valence-corrected chi connectivity index (χ3v) is 5.60. The van der Waals surface area contributed by atoms with Crippen molar-refractivity contribution in [2.45, 2.75) is 26.2 Å². The largest absolute Gasteiger partial charge is 0.506 e. The van der Waals surface area contributed by atoms with E-state index in [1.54, 1.807) is 23.5 Å². The first-order valence-corrected chi connectivity index (χ1v) is 8.84. The maximum atomic E-state index is 10.0. The Morgan fingerprint density at radius 3 is 2.96 bits per heavy atom. The predicted octanol–water partition coefficient (Wildman–Crippen LogP) is 4.92. The van der Waals surface area contributed by atoms with E-state index in [0.29, 0.717) is 17.4 Å². The van der Waals surface area contributed by atoms with Gasteiger partial charge in [0, 0.05) is 4.88 Å². The summed E-state index contributed by atoms with van der Waals surface area (Å²) in [5.74, 6) is 1.57. The molecule has 0 radical (unpaired) electrons. The smallest absolute Gasteiger partial charge is 0.225 e. The number of hydrogen-bond donors (Lipinski definition) is 2. The van der Waals surface area contributed by atoms with Crippen molar-refractivity contribution >= 4 is 44.7 Å². The molecule has 0 fully saturated rings. The van der Waals surface area contributed by atoms with Crippen molar-refractivity contribution in [1.82, 2.24) is 9.97 Å². The van der Waals surface area contributed by atoms with Crippen molar-refractivity contribution in [2.24, 2.45) is 5.92 Å². The SMILES string of the molecule is CC1CCc2c(sc3nc(Cl)nc(Nc4ccccc4O)c23)C1. The van der Waals surface area contributed by atoms with Crippen molar-refractivity contribution in [2.75, 3.05) is 5.32 Å². The lowest BCUT2D eigenvalue weighted by molar-refractivity contribution is 0.477. The molecule has 0 saturated heterocycles. The van der Waals surface area contributed by atoms with Gasteiger partial charge in [0.05, 0.1) is 11.1 Å². The van der Waals surface area contributed by atoms with Gasteiger partial charge in [-0.1, -0.05) is 19.1 Å². The Bertz CT molecular complexity index is 893. The molecule has 2 N–H and O–H groups in total. The van der Waals surface area contributed by atoms with Crippen LogP contribution in [-0.2, 0) is 12.8 Å². The molecule has 0 spiro atoms. The maximum Gasteiger partial charge on any atom is 0.225 e. The van der Waals surface area contributed by atoms with Crippen molar-refractivity contribution in [3.05, 3.63) is 40.0 Å². The summed E-state index contributed by atoms with van der Waals surface area (Å²) in [7, 11) is 0. The fourth-order valence-corrected chi connectivity index (χ4v) is 4.72. The third-order valence-electron chi connectivity index (χ3n) is 4.28. The molecule has 1 aliphatic carbocycles.